The normalized spacial score (nSPS) is 13.5. The maximum Gasteiger partial charge on any atom is 0.329 e. The van der Waals surface area contributed by atoms with E-state index in [1.807, 2.05) is 12.1 Å². The van der Waals surface area contributed by atoms with Crippen LogP contribution in [0.4, 0.5) is 15.8 Å². The van der Waals surface area contributed by atoms with Crippen molar-refractivity contribution in [1.82, 2.24) is 10.7 Å². The topological polar surface area (TPSA) is 82.6 Å². The molecule has 1 aliphatic carbocycles. The molecule has 2 aromatic carbocycles. The average molecular weight is 419 g/mol. The molecule has 2 amide bonds. The Bertz CT molecular complexity index is 851. The third kappa shape index (κ3) is 5.13. The summed E-state index contributed by atoms with van der Waals surface area (Å²) in [5, 5.41) is 9.58. The van der Waals surface area contributed by atoms with Crippen LogP contribution in [-0.4, -0.2) is 24.1 Å². The van der Waals surface area contributed by atoms with Gasteiger partial charge in [-0.2, -0.15) is 5.10 Å². The minimum absolute atomic E-state index is 0.105. The molecule has 0 unspecified atom stereocenters. The van der Waals surface area contributed by atoms with Crippen LogP contribution in [0, 0.1) is 5.82 Å². The minimum Gasteiger partial charge on any atom is -0.355 e. The number of anilines is 2. The molecule has 0 aliphatic heterocycles. The molecule has 1 saturated carbocycles. The van der Waals surface area contributed by atoms with Gasteiger partial charge in [0.25, 0.3) is 0 Å². The summed E-state index contributed by atoms with van der Waals surface area (Å²) < 4.78 is 13.8. The zero-order valence-electron chi connectivity index (χ0n) is 13.6. The maximum atomic E-state index is 13.0. The molecule has 8 heteroatoms. The summed E-state index contributed by atoms with van der Waals surface area (Å²) in [7, 11) is 0. The van der Waals surface area contributed by atoms with Crippen molar-refractivity contribution in [2.75, 3.05) is 5.32 Å². The lowest BCUT2D eigenvalue weighted by Crippen LogP contribution is -2.38. The molecule has 3 rings (SSSR count). The van der Waals surface area contributed by atoms with Crippen molar-refractivity contribution in [3.63, 3.8) is 0 Å². The van der Waals surface area contributed by atoms with Gasteiger partial charge in [0.05, 0.1) is 6.21 Å². The van der Waals surface area contributed by atoms with Crippen LogP contribution in [0.1, 0.15) is 18.4 Å². The van der Waals surface area contributed by atoms with Crippen molar-refractivity contribution in [3.8, 4) is 0 Å². The van der Waals surface area contributed by atoms with E-state index >= 15 is 0 Å². The Morgan fingerprint density at radius 1 is 1.12 bits per heavy atom. The number of hydrogen-bond acceptors (Lipinski definition) is 4. The minimum atomic E-state index is -0.809. The number of halogens is 2. The Labute approximate surface area is 158 Å². The lowest BCUT2D eigenvalue weighted by atomic mass is 10.2. The summed E-state index contributed by atoms with van der Waals surface area (Å²) in [6.07, 6.45) is 3.23. The Hall–Kier alpha value is -2.74. The molecule has 6 nitrogen and oxygen atoms in total. The molecular formula is C18H16BrFN4O2. The predicted octanol–water partition coefficient (Wildman–Crippen LogP) is 3.06. The second kappa shape index (κ2) is 8.09. The highest BCUT2D eigenvalue weighted by atomic mass is 79.9. The van der Waals surface area contributed by atoms with Crippen LogP contribution in [-0.2, 0) is 9.59 Å². The van der Waals surface area contributed by atoms with Gasteiger partial charge in [0.2, 0.25) is 0 Å². The SMILES string of the molecule is O=C(N/N=C\c1cc(Br)ccc1Nc1ccc(F)cc1)C(=O)NC1CC1. The zero-order valence-corrected chi connectivity index (χ0v) is 15.2. The highest BCUT2D eigenvalue weighted by molar-refractivity contribution is 9.10. The molecule has 26 heavy (non-hydrogen) atoms. The molecule has 0 atom stereocenters. The molecular weight excluding hydrogens is 403 g/mol. The van der Waals surface area contributed by atoms with Gasteiger partial charge >= 0.3 is 11.8 Å². The number of rotatable bonds is 5. The highest BCUT2D eigenvalue weighted by Crippen LogP contribution is 2.23. The van der Waals surface area contributed by atoms with Gasteiger partial charge in [-0.3, -0.25) is 9.59 Å². The van der Waals surface area contributed by atoms with Gasteiger partial charge in [-0.05, 0) is 55.3 Å². The largest absolute Gasteiger partial charge is 0.355 e. The molecule has 0 spiro atoms. The summed E-state index contributed by atoms with van der Waals surface area (Å²) >= 11 is 3.38. The molecule has 1 fully saturated rings. The van der Waals surface area contributed by atoms with Gasteiger partial charge in [0.15, 0.2) is 0 Å². The van der Waals surface area contributed by atoms with Crippen LogP contribution in [0.3, 0.4) is 0 Å². The predicted molar refractivity (Wildman–Crippen MR) is 101 cm³/mol. The Morgan fingerprint density at radius 3 is 2.54 bits per heavy atom. The van der Waals surface area contributed by atoms with Crippen LogP contribution in [0.2, 0.25) is 0 Å². The lowest BCUT2D eigenvalue weighted by molar-refractivity contribution is -0.139. The fourth-order valence-corrected chi connectivity index (χ4v) is 2.51. The zero-order chi connectivity index (χ0) is 18.5. The second-order valence-corrected chi connectivity index (χ2v) is 6.73. The van der Waals surface area contributed by atoms with E-state index in [1.165, 1.54) is 18.3 Å². The standard InChI is InChI=1S/C18H16BrFN4O2/c19-12-1-8-16(22-14-4-2-13(20)3-5-14)11(9-12)10-21-24-18(26)17(25)23-15-6-7-15/h1-5,8-10,15,22H,6-7H2,(H,23,25)(H,24,26)/b21-10-. The van der Waals surface area contributed by atoms with Crippen molar-refractivity contribution in [2.45, 2.75) is 18.9 Å². The van der Waals surface area contributed by atoms with Crippen molar-refractivity contribution in [1.29, 1.82) is 0 Å². The van der Waals surface area contributed by atoms with Gasteiger partial charge < -0.3 is 10.6 Å². The van der Waals surface area contributed by atoms with Gasteiger partial charge in [0.1, 0.15) is 5.82 Å². The van der Waals surface area contributed by atoms with Crippen LogP contribution in [0.15, 0.2) is 52.0 Å². The number of hydrazone groups is 1. The van der Waals surface area contributed by atoms with E-state index in [0.29, 0.717) is 16.9 Å². The van der Waals surface area contributed by atoms with E-state index in [-0.39, 0.29) is 11.9 Å². The second-order valence-electron chi connectivity index (χ2n) is 5.81. The first-order chi connectivity index (χ1) is 12.5. The molecule has 2 aromatic rings. The number of hydrogen-bond donors (Lipinski definition) is 3. The maximum absolute atomic E-state index is 13.0. The van der Waals surface area contributed by atoms with E-state index in [9.17, 15) is 14.0 Å². The Morgan fingerprint density at radius 2 is 1.85 bits per heavy atom. The first kappa shape index (κ1) is 18.1. The van der Waals surface area contributed by atoms with E-state index in [0.717, 1.165) is 17.3 Å². The molecule has 0 saturated heterocycles. The molecule has 0 radical (unpaired) electrons. The summed E-state index contributed by atoms with van der Waals surface area (Å²) in [4.78, 5) is 23.3. The lowest BCUT2D eigenvalue weighted by Gasteiger charge is -2.10. The van der Waals surface area contributed by atoms with Crippen LogP contribution >= 0.6 is 15.9 Å². The molecule has 0 bridgehead atoms. The molecule has 0 aromatic heterocycles. The number of carbonyl (C=O) groups is 2. The van der Waals surface area contributed by atoms with Crippen molar-refractivity contribution < 1.29 is 14.0 Å². The fourth-order valence-electron chi connectivity index (χ4n) is 2.13. The molecule has 0 heterocycles. The Kier molecular flexibility index (Phi) is 5.62. The van der Waals surface area contributed by atoms with Gasteiger partial charge in [-0.15, -0.1) is 0 Å². The highest BCUT2D eigenvalue weighted by Gasteiger charge is 2.26. The summed E-state index contributed by atoms with van der Waals surface area (Å²) in [5.41, 5.74) is 4.29. The van der Waals surface area contributed by atoms with Crippen molar-refractivity contribution >= 4 is 45.3 Å². The number of nitrogens with one attached hydrogen (secondary N) is 3. The monoisotopic (exact) mass is 418 g/mol. The first-order valence-electron chi connectivity index (χ1n) is 7.97. The number of carbonyl (C=O) groups excluding carboxylic acids is 2. The van der Waals surface area contributed by atoms with Crippen LogP contribution < -0.4 is 16.1 Å². The van der Waals surface area contributed by atoms with Crippen LogP contribution in [0.25, 0.3) is 0 Å². The fraction of sp³-hybridized carbons (Fsp3) is 0.167. The van der Waals surface area contributed by atoms with Crippen molar-refractivity contribution in [3.05, 3.63) is 58.3 Å². The smallest absolute Gasteiger partial charge is 0.329 e. The quantitative estimate of drug-likeness (QED) is 0.396. The summed E-state index contributed by atoms with van der Waals surface area (Å²) in [6, 6.07) is 11.5. The molecule has 3 N–H and O–H groups in total. The average Bonchev–Trinajstić information content (AvgIpc) is 3.43. The van der Waals surface area contributed by atoms with E-state index < -0.39 is 11.8 Å². The third-order valence-electron chi connectivity index (χ3n) is 3.63. The van der Waals surface area contributed by atoms with Gasteiger partial charge in [-0.25, -0.2) is 9.82 Å². The third-order valence-corrected chi connectivity index (χ3v) is 4.12. The van der Waals surface area contributed by atoms with E-state index in [1.54, 1.807) is 18.2 Å². The first-order valence-corrected chi connectivity index (χ1v) is 8.76. The molecule has 1 aliphatic rings. The summed E-state index contributed by atoms with van der Waals surface area (Å²) in [5.74, 6) is -1.82. The molecule has 134 valence electrons. The number of nitrogens with zero attached hydrogens (tertiary/aromatic N) is 1. The number of amides is 2. The summed E-state index contributed by atoms with van der Waals surface area (Å²) in [6.45, 7) is 0. The number of benzene rings is 2. The Balaban J connectivity index is 1.67. The van der Waals surface area contributed by atoms with Crippen molar-refractivity contribution in [2.24, 2.45) is 5.10 Å². The van der Waals surface area contributed by atoms with Gasteiger partial charge in [-0.1, -0.05) is 15.9 Å². The van der Waals surface area contributed by atoms with E-state index in [2.05, 4.69) is 37.1 Å². The van der Waals surface area contributed by atoms with E-state index in [4.69, 9.17) is 0 Å². The van der Waals surface area contributed by atoms with Crippen LogP contribution in [0.5, 0.6) is 0 Å². The van der Waals surface area contributed by atoms with Gasteiger partial charge in [0, 0.05) is 27.5 Å².